The van der Waals surface area contributed by atoms with Crippen LogP contribution in [0.5, 0.6) is 0 Å². The first kappa shape index (κ1) is 12.7. The molecule has 1 N–H and O–H groups in total. The molecule has 2 aliphatic rings. The van der Waals surface area contributed by atoms with Gasteiger partial charge in [0.2, 0.25) is 10.1 Å². The molecule has 1 fully saturated rings. The number of rotatable bonds is 3. The average molecular weight is 279 g/mol. The summed E-state index contributed by atoms with van der Waals surface area (Å²) in [6.45, 7) is 1.27. The molecule has 94 valence electrons. The summed E-state index contributed by atoms with van der Waals surface area (Å²) in [6, 6.07) is 0. The lowest BCUT2D eigenvalue weighted by molar-refractivity contribution is -0.154. The number of halogens is 1. The van der Waals surface area contributed by atoms with Crippen LogP contribution in [0, 0.1) is 5.92 Å². The summed E-state index contributed by atoms with van der Waals surface area (Å²) >= 11 is -0.482. The molecule has 5 nitrogen and oxygen atoms in total. The van der Waals surface area contributed by atoms with Gasteiger partial charge in [0.05, 0.1) is 0 Å². The molecule has 2 rings (SSSR count). The molecule has 8 heteroatoms. The van der Waals surface area contributed by atoms with Crippen molar-refractivity contribution in [1.29, 1.82) is 0 Å². The highest BCUT2D eigenvalue weighted by atomic mass is 32.3. The lowest BCUT2D eigenvalue weighted by atomic mass is 9.93. The van der Waals surface area contributed by atoms with Gasteiger partial charge in [0.15, 0.2) is 5.70 Å². The van der Waals surface area contributed by atoms with Crippen molar-refractivity contribution in [3.63, 3.8) is 0 Å². The summed E-state index contributed by atoms with van der Waals surface area (Å²) in [5, 5.41) is 8.44. The summed E-state index contributed by atoms with van der Waals surface area (Å²) in [6.07, 6.45) is 0.00567. The van der Waals surface area contributed by atoms with Crippen molar-refractivity contribution < 1.29 is 23.6 Å². The zero-order valence-electron chi connectivity index (χ0n) is 9.05. The third-order valence-corrected chi connectivity index (χ3v) is 5.57. The topological polar surface area (TPSA) is 80.7 Å². The smallest absolute Gasteiger partial charge is 0.358 e. The van der Waals surface area contributed by atoms with E-state index < -0.39 is 40.5 Å². The van der Waals surface area contributed by atoms with Gasteiger partial charge in [-0.05, 0) is 29.9 Å². The summed E-state index contributed by atoms with van der Waals surface area (Å²) in [5.41, 5.74) is -0.261. The van der Waals surface area contributed by atoms with Crippen LogP contribution in [0.2, 0.25) is 0 Å². The molecule has 1 amide bonds. The molecule has 0 aliphatic carbocycles. The van der Waals surface area contributed by atoms with E-state index in [1.54, 1.807) is 0 Å². The van der Waals surface area contributed by atoms with Gasteiger partial charge in [-0.3, -0.25) is 9.69 Å². The fraction of sp³-hybridized carbons (Fsp3) is 0.556. The maximum atomic E-state index is 13.2. The van der Waals surface area contributed by atoms with Gasteiger partial charge < -0.3 is 9.66 Å². The van der Waals surface area contributed by atoms with Crippen LogP contribution in [0.3, 0.4) is 0 Å². The maximum absolute atomic E-state index is 13.2. The first-order valence-electron chi connectivity index (χ1n) is 4.81. The number of aliphatic carboxylic acids is 1. The molecule has 4 atom stereocenters. The number of hydrogen-bond acceptors (Lipinski definition) is 4. The Balaban J connectivity index is 2.33. The molecule has 0 spiro atoms. The molecule has 1 unspecified atom stereocenters. The van der Waals surface area contributed by atoms with Crippen LogP contribution < -0.4 is 0 Å². The molecular weight excluding hydrogens is 269 g/mol. The molecular formula is C9H10FNO4S2. The number of β-lactam (4-membered cyclic amide) rings is 1. The van der Waals surface area contributed by atoms with Gasteiger partial charge in [-0.25, -0.2) is 9.18 Å². The van der Waals surface area contributed by atoms with E-state index in [4.69, 9.17) is 5.11 Å². The van der Waals surface area contributed by atoms with Crippen LogP contribution in [-0.4, -0.2) is 44.2 Å². The minimum Gasteiger partial charge on any atom is -0.611 e. The van der Waals surface area contributed by atoms with E-state index in [2.05, 4.69) is 0 Å². The Kier molecular flexibility index (Phi) is 3.13. The van der Waals surface area contributed by atoms with Gasteiger partial charge in [0, 0.05) is 0 Å². The van der Waals surface area contributed by atoms with Crippen molar-refractivity contribution in [3.8, 4) is 0 Å². The van der Waals surface area contributed by atoms with Gasteiger partial charge in [-0.15, -0.1) is 0 Å². The SMILES string of the molecule is C[C@H](F)[C@H]1C(=O)N2C(C(=O)O)=C([S+](C)[O-])S[C@H]12. The largest absolute Gasteiger partial charge is 0.611 e. The number of alkyl halides is 1. The van der Waals surface area contributed by atoms with Crippen LogP contribution >= 0.6 is 11.8 Å². The van der Waals surface area contributed by atoms with Crippen LogP contribution in [0.15, 0.2) is 9.93 Å². The summed E-state index contributed by atoms with van der Waals surface area (Å²) < 4.78 is 24.7. The second kappa shape index (κ2) is 4.18. The molecule has 0 saturated carbocycles. The summed E-state index contributed by atoms with van der Waals surface area (Å²) in [5.74, 6) is -2.69. The number of carboxylic acid groups (broad SMARTS) is 1. The first-order valence-corrected chi connectivity index (χ1v) is 7.24. The number of carboxylic acids is 1. The molecule has 0 aromatic rings. The standard InChI is InChI=1S/C9H10FNO4S2/c1-3(10)4-6(12)11-5(8(13)14)9(17(2)15)16-7(4)11/h3-4,7H,1-2H3,(H,13,14)/t3-,4-,7+,17?/m0/s1. The number of hydrogen-bond donors (Lipinski definition) is 1. The zero-order chi connectivity index (χ0) is 12.9. The van der Waals surface area contributed by atoms with Gasteiger partial charge in [-0.2, -0.15) is 0 Å². The Hall–Kier alpha value is -0.730. The van der Waals surface area contributed by atoms with E-state index in [-0.39, 0.29) is 9.93 Å². The minimum absolute atomic E-state index is 0.138. The predicted octanol–water partition coefficient (Wildman–Crippen LogP) is 0.508. The van der Waals surface area contributed by atoms with Crippen molar-refractivity contribution in [3.05, 3.63) is 9.93 Å². The van der Waals surface area contributed by atoms with Crippen LogP contribution in [0.25, 0.3) is 0 Å². The van der Waals surface area contributed by atoms with Gasteiger partial charge in [0.1, 0.15) is 23.7 Å². The minimum atomic E-state index is -1.49. The number of nitrogens with zero attached hydrogens (tertiary/aromatic N) is 1. The third kappa shape index (κ3) is 1.74. The number of thioether (sulfide) groups is 1. The molecule has 1 saturated heterocycles. The van der Waals surface area contributed by atoms with Crippen molar-refractivity contribution in [2.75, 3.05) is 6.26 Å². The van der Waals surface area contributed by atoms with Crippen LogP contribution in [0.4, 0.5) is 4.39 Å². The van der Waals surface area contributed by atoms with Crippen molar-refractivity contribution in [2.45, 2.75) is 18.5 Å². The third-order valence-electron chi connectivity index (χ3n) is 2.70. The van der Waals surface area contributed by atoms with E-state index in [1.165, 1.54) is 13.2 Å². The van der Waals surface area contributed by atoms with E-state index in [0.717, 1.165) is 16.7 Å². The molecule has 2 heterocycles. The quantitative estimate of drug-likeness (QED) is 0.601. The van der Waals surface area contributed by atoms with Gasteiger partial charge in [-0.1, -0.05) is 0 Å². The second-order valence-electron chi connectivity index (χ2n) is 3.82. The molecule has 2 aliphatic heterocycles. The van der Waals surface area contributed by atoms with Gasteiger partial charge >= 0.3 is 5.97 Å². The normalized spacial score (nSPS) is 31.1. The van der Waals surface area contributed by atoms with Crippen molar-refractivity contribution >= 4 is 34.8 Å². The molecule has 0 aromatic heterocycles. The van der Waals surface area contributed by atoms with Crippen LogP contribution in [0.1, 0.15) is 6.92 Å². The Morgan fingerprint density at radius 2 is 2.29 bits per heavy atom. The van der Waals surface area contributed by atoms with E-state index in [0.29, 0.717) is 0 Å². The molecule has 0 radical (unpaired) electrons. The highest BCUT2D eigenvalue weighted by Gasteiger charge is 2.60. The van der Waals surface area contributed by atoms with Gasteiger partial charge in [0.25, 0.3) is 0 Å². The van der Waals surface area contributed by atoms with E-state index in [1.807, 2.05) is 0 Å². The lowest BCUT2D eigenvalue weighted by Gasteiger charge is -2.42. The average Bonchev–Trinajstić information content (AvgIpc) is 2.52. The Bertz CT molecular complexity index is 423. The van der Waals surface area contributed by atoms with Crippen molar-refractivity contribution in [1.82, 2.24) is 4.90 Å². The lowest BCUT2D eigenvalue weighted by Crippen LogP contribution is -2.60. The Morgan fingerprint density at radius 3 is 2.71 bits per heavy atom. The summed E-state index contributed by atoms with van der Waals surface area (Å²) in [7, 11) is 0. The fourth-order valence-corrected chi connectivity index (χ4v) is 4.54. The Morgan fingerprint density at radius 1 is 1.71 bits per heavy atom. The number of amides is 1. The van der Waals surface area contributed by atoms with Crippen molar-refractivity contribution in [2.24, 2.45) is 5.92 Å². The highest BCUT2D eigenvalue weighted by Crippen LogP contribution is 2.52. The summed E-state index contributed by atoms with van der Waals surface area (Å²) in [4.78, 5) is 23.7. The highest BCUT2D eigenvalue weighted by molar-refractivity contribution is 8.19. The fourth-order valence-electron chi connectivity index (χ4n) is 1.93. The number of carbonyl (C=O) groups excluding carboxylic acids is 1. The number of carbonyl (C=O) groups is 2. The van der Waals surface area contributed by atoms with Crippen LogP contribution in [-0.2, 0) is 20.8 Å². The molecule has 17 heavy (non-hydrogen) atoms. The van der Waals surface area contributed by atoms with E-state index in [9.17, 15) is 18.5 Å². The Labute approximate surface area is 104 Å². The molecule has 0 bridgehead atoms. The molecule has 0 aromatic carbocycles. The first-order chi connectivity index (χ1) is 7.86. The second-order valence-corrected chi connectivity index (χ2v) is 6.52. The maximum Gasteiger partial charge on any atom is 0.358 e. The van der Waals surface area contributed by atoms with E-state index >= 15 is 0 Å². The number of fused-ring (bicyclic) bond motifs is 1. The predicted molar refractivity (Wildman–Crippen MR) is 61.0 cm³/mol. The zero-order valence-corrected chi connectivity index (χ0v) is 10.7. The monoisotopic (exact) mass is 279 g/mol.